The molecule has 9 heteroatoms. The number of hydrogen-bond acceptors (Lipinski definition) is 6. The first-order chi connectivity index (χ1) is 16.5. The van der Waals surface area contributed by atoms with Gasteiger partial charge in [0.05, 0.1) is 16.9 Å². The first-order valence-corrected chi connectivity index (χ1v) is 11.7. The number of nitrogens with zero attached hydrogens (tertiary/aromatic N) is 4. The number of rotatable bonds is 4. The fraction of sp³-hybridized carbons (Fsp3) is 0.360. The van der Waals surface area contributed by atoms with Crippen molar-refractivity contribution in [3.05, 3.63) is 51.6 Å². The molecular weight excluding hydrogens is 430 g/mol. The van der Waals surface area contributed by atoms with Gasteiger partial charge in [0.1, 0.15) is 17.2 Å². The van der Waals surface area contributed by atoms with E-state index in [4.69, 9.17) is 10.7 Å². The van der Waals surface area contributed by atoms with Gasteiger partial charge < -0.3 is 16.4 Å². The van der Waals surface area contributed by atoms with Crippen molar-refractivity contribution in [3.63, 3.8) is 0 Å². The second kappa shape index (κ2) is 7.76. The molecule has 0 saturated heterocycles. The summed E-state index contributed by atoms with van der Waals surface area (Å²) in [5.41, 5.74) is 7.54. The molecule has 1 unspecified atom stereocenters. The van der Waals surface area contributed by atoms with E-state index in [0.29, 0.717) is 35.0 Å². The Morgan fingerprint density at radius 2 is 2.12 bits per heavy atom. The van der Waals surface area contributed by atoms with E-state index >= 15 is 0 Å². The van der Waals surface area contributed by atoms with E-state index in [1.807, 2.05) is 31.2 Å². The second-order valence-corrected chi connectivity index (χ2v) is 9.13. The normalized spacial score (nSPS) is 17.4. The molecular formula is C25H25N7O2. The Hall–Kier alpha value is -4.06. The molecule has 1 aliphatic heterocycles. The number of carbonyl (C=O) groups excluding carboxylic acids is 1. The minimum Gasteiger partial charge on any atom is -0.381 e. The van der Waals surface area contributed by atoms with Crippen LogP contribution in [0.2, 0.25) is 0 Å². The van der Waals surface area contributed by atoms with Crippen LogP contribution in [0, 0.1) is 17.8 Å². The zero-order valence-corrected chi connectivity index (χ0v) is 18.8. The summed E-state index contributed by atoms with van der Waals surface area (Å²) in [5.74, 6) is 7.76. The Morgan fingerprint density at radius 3 is 2.88 bits per heavy atom. The van der Waals surface area contributed by atoms with Crippen LogP contribution in [0.5, 0.6) is 0 Å². The average Bonchev–Trinajstić information content (AvgIpc) is 3.74. The number of fused-ring (bicyclic) bond motifs is 2. The first-order valence-electron chi connectivity index (χ1n) is 11.7. The third-order valence-electron chi connectivity index (χ3n) is 6.39. The standard InChI is InChI=1S/C25H25N7O2/c1-14(28-24(33)20-21(26)30-31-13-3-12-27-23(20)31)22-29-18-5-2-4-16(9-8-15-6-7-15)19(18)25(34)32(22)17-10-11-17/h2-5,13-15,17,27H,6-7,10-12H2,1H3,(H2,26,30)(H,28,33). The fourth-order valence-corrected chi connectivity index (χ4v) is 4.36. The largest absolute Gasteiger partial charge is 0.381 e. The molecule has 172 valence electrons. The van der Waals surface area contributed by atoms with Gasteiger partial charge in [-0.15, -0.1) is 5.10 Å². The van der Waals surface area contributed by atoms with Crippen LogP contribution in [0.25, 0.3) is 17.1 Å². The summed E-state index contributed by atoms with van der Waals surface area (Å²) in [6, 6.07) is 5.16. The molecule has 0 radical (unpaired) electrons. The van der Waals surface area contributed by atoms with Gasteiger partial charge in [0.15, 0.2) is 5.82 Å². The Bertz CT molecular complexity index is 1480. The van der Waals surface area contributed by atoms with Gasteiger partial charge in [0.2, 0.25) is 0 Å². The lowest BCUT2D eigenvalue weighted by Gasteiger charge is -2.20. The van der Waals surface area contributed by atoms with E-state index in [0.717, 1.165) is 31.2 Å². The van der Waals surface area contributed by atoms with Gasteiger partial charge in [0, 0.05) is 30.3 Å². The van der Waals surface area contributed by atoms with Crippen LogP contribution in [0.1, 0.15) is 66.4 Å². The molecule has 9 nitrogen and oxygen atoms in total. The van der Waals surface area contributed by atoms with Crippen LogP contribution >= 0.6 is 0 Å². The number of hydrogen-bond donors (Lipinski definition) is 3. The van der Waals surface area contributed by atoms with Crippen molar-refractivity contribution in [3.8, 4) is 11.8 Å². The summed E-state index contributed by atoms with van der Waals surface area (Å²) in [5, 5.41) is 10.9. The number of carbonyl (C=O) groups is 1. The minimum absolute atomic E-state index is 0.0870. The highest BCUT2D eigenvalue weighted by Gasteiger charge is 2.32. The summed E-state index contributed by atoms with van der Waals surface area (Å²) in [4.78, 5) is 31.7. The highest BCUT2D eigenvalue weighted by Crippen LogP contribution is 2.36. The van der Waals surface area contributed by atoms with Crippen molar-refractivity contribution in [2.45, 2.75) is 44.7 Å². The molecule has 4 N–H and O–H groups in total. The molecule has 1 atom stereocenters. The Balaban J connectivity index is 1.39. The van der Waals surface area contributed by atoms with Crippen molar-refractivity contribution in [1.82, 2.24) is 24.6 Å². The number of nitrogen functional groups attached to an aromatic ring is 1. The van der Waals surface area contributed by atoms with Crippen LogP contribution < -0.4 is 21.9 Å². The number of anilines is 2. The average molecular weight is 456 g/mol. The Labute approximate surface area is 196 Å². The number of benzene rings is 1. The summed E-state index contributed by atoms with van der Waals surface area (Å²) >= 11 is 0. The van der Waals surface area contributed by atoms with Crippen molar-refractivity contribution in [2.75, 3.05) is 17.6 Å². The van der Waals surface area contributed by atoms with Gasteiger partial charge in [-0.1, -0.05) is 17.9 Å². The molecule has 3 aliphatic rings. The monoisotopic (exact) mass is 455 g/mol. The molecule has 3 heterocycles. The van der Waals surface area contributed by atoms with Crippen LogP contribution in [-0.2, 0) is 0 Å². The fourth-order valence-electron chi connectivity index (χ4n) is 4.36. The van der Waals surface area contributed by atoms with Crippen LogP contribution in [0.3, 0.4) is 0 Å². The first kappa shape index (κ1) is 20.5. The summed E-state index contributed by atoms with van der Waals surface area (Å²) in [6.07, 6.45) is 7.73. The quantitative estimate of drug-likeness (QED) is 0.521. The van der Waals surface area contributed by atoms with Gasteiger partial charge in [-0.3, -0.25) is 14.2 Å². The zero-order chi connectivity index (χ0) is 23.4. The molecule has 34 heavy (non-hydrogen) atoms. The maximum atomic E-state index is 13.7. The molecule has 1 amide bonds. The van der Waals surface area contributed by atoms with Crippen LogP contribution in [0.4, 0.5) is 11.6 Å². The number of amides is 1. The van der Waals surface area contributed by atoms with E-state index in [-0.39, 0.29) is 28.9 Å². The van der Waals surface area contributed by atoms with Crippen molar-refractivity contribution < 1.29 is 4.79 Å². The molecule has 2 fully saturated rings. The number of nitrogens with two attached hydrogens (primary N) is 1. The van der Waals surface area contributed by atoms with E-state index < -0.39 is 6.04 Å². The summed E-state index contributed by atoms with van der Waals surface area (Å²) in [6.45, 7) is 2.42. The molecule has 3 aromatic rings. The van der Waals surface area contributed by atoms with E-state index in [2.05, 4.69) is 27.6 Å². The van der Waals surface area contributed by atoms with E-state index in [1.165, 1.54) is 0 Å². The van der Waals surface area contributed by atoms with Crippen LogP contribution in [-0.4, -0.2) is 31.8 Å². The lowest BCUT2D eigenvalue weighted by molar-refractivity contribution is 0.0939. The van der Waals surface area contributed by atoms with Crippen molar-refractivity contribution >= 4 is 34.6 Å². The van der Waals surface area contributed by atoms with Gasteiger partial charge in [-0.25, -0.2) is 9.67 Å². The maximum Gasteiger partial charge on any atom is 0.262 e. The zero-order valence-electron chi connectivity index (χ0n) is 18.8. The molecule has 1 aromatic carbocycles. The number of nitrogens with one attached hydrogen (secondary N) is 2. The Kier molecular flexibility index (Phi) is 4.69. The topological polar surface area (TPSA) is 120 Å². The van der Waals surface area contributed by atoms with Gasteiger partial charge in [0.25, 0.3) is 11.5 Å². The number of aromatic nitrogens is 4. The van der Waals surface area contributed by atoms with Crippen molar-refractivity contribution in [2.24, 2.45) is 5.92 Å². The molecule has 0 spiro atoms. The Morgan fingerprint density at radius 1 is 1.29 bits per heavy atom. The van der Waals surface area contributed by atoms with Gasteiger partial charge >= 0.3 is 0 Å². The molecule has 2 aromatic heterocycles. The van der Waals surface area contributed by atoms with Crippen molar-refractivity contribution in [1.29, 1.82) is 0 Å². The highest BCUT2D eigenvalue weighted by molar-refractivity contribution is 6.04. The SMILES string of the molecule is CC(NC(=O)c1c(N)nn2c1NCC=C2)c1nc2cccc(C#CC3CC3)c2c(=O)n1C1CC1. The predicted octanol–water partition coefficient (Wildman–Crippen LogP) is 2.66. The molecule has 2 aliphatic carbocycles. The van der Waals surface area contributed by atoms with Crippen LogP contribution in [0.15, 0.2) is 29.1 Å². The molecule has 2 saturated carbocycles. The molecule has 6 rings (SSSR count). The highest BCUT2D eigenvalue weighted by atomic mass is 16.2. The summed E-state index contributed by atoms with van der Waals surface area (Å²) < 4.78 is 3.30. The van der Waals surface area contributed by atoms with E-state index in [9.17, 15) is 9.59 Å². The third kappa shape index (κ3) is 3.52. The molecule has 0 bridgehead atoms. The lowest BCUT2D eigenvalue weighted by atomic mass is 10.1. The van der Waals surface area contributed by atoms with Gasteiger partial charge in [-0.2, -0.15) is 0 Å². The second-order valence-electron chi connectivity index (χ2n) is 9.13. The lowest BCUT2D eigenvalue weighted by Crippen LogP contribution is -2.34. The maximum absolute atomic E-state index is 13.7. The minimum atomic E-state index is -0.513. The predicted molar refractivity (Wildman–Crippen MR) is 130 cm³/mol. The van der Waals surface area contributed by atoms with Gasteiger partial charge in [-0.05, 0) is 50.8 Å². The van der Waals surface area contributed by atoms with E-state index in [1.54, 1.807) is 15.4 Å². The third-order valence-corrected chi connectivity index (χ3v) is 6.39. The smallest absolute Gasteiger partial charge is 0.262 e. The summed E-state index contributed by atoms with van der Waals surface area (Å²) in [7, 11) is 0.